The molecule has 3 aromatic rings. The highest BCUT2D eigenvalue weighted by molar-refractivity contribution is 5.80. The van der Waals surface area contributed by atoms with E-state index < -0.39 is 0 Å². The van der Waals surface area contributed by atoms with Gasteiger partial charge in [0.05, 0.1) is 16.9 Å². The Morgan fingerprint density at radius 1 is 1.24 bits per heavy atom. The monoisotopic (exact) mass is 391 g/mol. The van der Waals surface area contributed by atoms with Gasteiger partial charge in [-0.1, -0.05) is 43.2 Å². The normalized spacial score (nSPS) is 11.7. The fourth-order valence-corrected chi connectivity index (χ4v) is 3.23. The average molecular weight is 392 g/mol. The molecule has 0 saturated carbocycles. The minimum Gasteiger partial charge on any atom is -0.308 e. The van der Waals surface area contributed by atoms with Crippen molar-refractivity contribution in [2.24, 2.45) is 0 Å². The van der Waals surface area contributed by atoms with E-state index in [1.54, 1.807) is 0 Å². The zero-order chi connectivity index (χ0) is 21.4. The van der Waals surface area contributed by atoms with E-state index in [2.05, 4.69) is 60.3 Å². The molecule has 0 radical (unpaired) electrons. The lowest BCUT2D eigenvalue weighted by molar-refractivity contribution is 0.733. The minimum atomic E-state index is 0.732. The molecule has 0 unspecified atom stereocenters. The van der Waals surface area contributed by atoms with Crippen LogP contribution in [0, 0.1) is 6.92 Å². The lowest BCUT2D eigenvalue weighted by Crippen LogP contribution is -2.14. The first kappa shape index (κ1) is 22.4. The predicted octanol–water partition coefficient (Wildman–Crippen LogP) is 5.68. The number of fused-ring (bicyclic) bond motifs is 3. The van der Waals surface area contributed by atoms with Gasteiger partial charge in [-0.2, -0.15) is 0 Å². The summed E-state index contributed by atoms with van der Waals surface area (Å²) in [5, 5.41) is 3.38. The number of imidazole rings is 2. The van der Waals surface area contributed by atoms with Crippen molar-refractivity contribution in [1.82, 2.24) is 24.3 Å². The van der Waals surface area contributed by atoms with Crippen molar-refractivity contribution in [3.05, 3.63) is 71.7 Å². The minimum absolute atomic E-state index is 0.732. The third-order valence-corrected chi connectivity index (χ3v) is 4.30. The van der Waals surface area contributed by atoms with Gasteiger partial charge >= 0.3 is 0 Å². The topological polar surface area (TPSA) is 47.2 Å². The van der Waals surface area contributed by atoms with E-state index in [0.29, 0.717) is 0 Å². The number of hydrogen-bond acceptors (Lipinski definition) is 3. The van der Waals surface area contributed by atoms with Gasteiger partial charge in [0, 0.05) is 25.5 Å². The molecule has 0 spiro atoms. The number of rotatable bonds is 7. The summed E-state index contributed by atoms with van der Waals surface area (Å²) in [6, 6.07) is 4.05. The van der Waals surface area contributed by atoms with Gasteiger partial charge in [-0.3, -0.25) is 8.97 Å². The Balaban J connectivity index is 0.00000145. The highest BCUT2D eigenvalue weighted by atomic mass is 15.2. The van der Waals surface area contributed by atoms with Gasteiger partial charge in [0.25, 0.3) is 0 Å². The van der Waals surface area contributed by atoms with Crippen LogP contribution in [0.5, 0.6) is 0 Å². The highest BCUT2D eigenvalue weighted by Gasteiger charge is 2.17. The van der Waals surface area contributed by atoms with Crippen LogP contribution in [0.25, 0.3) is 23.1 Å². The van der Waals surface area contributed by atoms with Crippen LogP contribution in [0.2, 0.25) is 0 Å². The average Bonchev–Trinajstić information content (AvgIpc) is 3.17. The molecule has 0 aliphatic carbocycles. The van der Waals surface area contributed by atoms with Crippen LogP contribution < -0.4 is 5.32 Å². The van der Waals surface area contributed by atoms with Crippen LogP contribution >= 0.6 is 0 Å². The van der Waals surface area contributed by atoms with Crippen molar-refractivity contribution < 1.29 is 0 Å². The molecular weight excluding hydrogens is 358 g/mol. The standard InChI is InChI=1S/C22H27N5.C2H6/c1-6-11-23-15-20-18(5)25-22-26(13-8-9-17(4)14-16(2)3)21-19(27(20)22)10-7-12-24-21;1-2/h6-10,12-14,23H,1,11,15H2,2-5H3;1-2H3/b13-8+,17-9-;. The van der Waals surface area contributed by atoms with Gasteiger partial charge in [-0.25, -0.2) is 9.97 Å². The summed E-state index contributed by atoms with van der Waals surface area (Å²) < 4.78 is 4.23. The first-order valence-corrected chi connectivity index (χ1v) is 10.2. The summed E-state index contributed by atoms with van der Waals surface area (Å²) in [6.07, 6.45) is 12.0. The number of pyridine rings is 1. The molecule has 0 fully saturated rings. The first-order valence-electron chi connectivity index (χ1n) is 10.2. The predicted molar refractivity (Wildman–Crippen MR) is 125 cm³/mol. The first-order chi connectivity index (χ1) is 14.0. The van der Waals surface area contributed by atoms with Gasteiger partial charge < -0.3 is 5.32 Å². The molecule has 29 heavy (non-hydrogen) atoms. The van der Waals surface area contributed by atoms with Crippen molar-refractivity contribution in [2.45, 2.75) is 48.1 Å². The molecular formula is C24H33N5. The van der Waals surface area contributed by atoms with E-state index in [0.717, 1.165) is 41.4 Å². The second-order valence-electron chi connectivity index (χ2n) is 6.89. The van der Waals surface area contributed by atoms with Crippen molar-refractivity contribution in [3.8, 4) is 0 Å². The van der Waals surface area contributed by atoms with Crippen LogP contribution in [0.1, 0.15) is 46.0 Å². The lowest BCUT2D eigenvalue weighted by Gasteiger charge is -2.02. The third-order valence-electron chi connectivity index (χ3n) is 4.30. The lowest BCUT2D eigenvalue weighted by atomic mass is 10.2. The Hall–Kier alpha value is -2.92. The summed E-state index contributed by atoms with van der Waals surface area (Å²) in [7, 11) is 0. The highest BCUT2D eigenvalue weighted by Crippen LogP contribution is 2.23. The largest absolute Gasteiger partial charge is 0.308 e. The number of aryl methyl sites for hydroxylation is 1. The maximum absolute atomic E-state index is 4.81. The molecule has 3 rings (SSSR count). The van der Waals surface area contributed by atoms with Crippen LogP contribution in [0.15, 0.2) is 60.4 Å². The number of hydrogen-bond donors (Lipinski definition) is 1. The van der Waals surface area contributed by atoms with Gasteiger partial charge in [-0.15, -0.1) is 6.58 Å². The van der Waals surface area contributed by atoms with Gasteiger partial charge in [0.1, 0.15) is 0 Å². The Kier molecular flexibility index (Phi) is 8.16. The fourth-order valence-electron chi connectivity index (χ4n) is 3.23. The third kappa shape index (κ3) is 5.12. The quantitative estimate of drug-likeness (QED) is 0.320. The Morgan fingerprint density at radius 2 is 2.00 bits per heavy atom. The van der Waals surface area contributed by atoms with E-state index in [-0.39, 0.29) is 0 Å². The molecule has 0 aromatic carbocycles. The molecule has 0 bridgehead atoms. The Labute approximate surface area is 174 Å². The molecule has 1 N–H and O–H groups in total. The van der Waals surface area contributed by atoms with E-state index >= 15 is 0 Å². The summed E-state index contributed by atoms with van der Waals surface area (Å²) >= 11 is 0. The van der Waals surface area contributed by atoms with E-state index in [1.165, 1.54) is 11.1 Å². The zero-order valence-electron chi connectivity index (χ0n) is 18.5. The van der Waals surface area contributed by atoms with E-state index in [9.17, 15) is 0 Å². The molecule has 5 heteroatoms. The summed E-state index contributed by atoms with van der Waals surface area (Å²) in [4.78, 5) is 9.40. The SMILES string of the molecule is C=CCNCc1c(C)nc2n(/C=C/C=C(/C)C=C(C)C)c3ncccc3n12.CC. The molecule has 0 amide bonds. The molecule has 3 aromatic heterocycles. The smallest absolute Gasteiger partial charge is 0.220 e. The second kappa shape index (κ2) is 10.6. The molecule has 5 nitrogen and oxygen atoms in total. The van der Waals surface area contributed by atoms with Crippen LogP contribution in [-0.2, 0) is 6.54 Å². The number of nitrogens with one attached hydrogen (secondary N) is 1. The van der Waals surface area contributed by atoms with Gasteiger partial charge in [0.2, 0.25) is 5.78 Å². The van der Waals surface area contributed by atoms with E-state index in [1.807, 2.05) is 56.0 Å². The fraction of sp³-hybridized carbons (Fsp3) is 0.333. The number of aromatic nitrogens is 4. The molecule has 0 saturated heterocycles. The molecule has 154 valence electrons. The number of nitrogens with zero attached hydrogens (tertiary/aromatic N) is 4. The van der Waals surface area contributed by atoms with E-state index in [4.69, 9.17) is 4.98 Å². The van der Waals surface area contributed by atoms with Crippen molar-refractivity contribution in [2.75, 3.05) is 6.54 Å². The van der Waals surface area contributed by atoms with Crippen molar-refractivity contribution in [3.63, 3.8) is 0 Å². The van der Waals surface area contributed by atoms with Gasteiger partial charge in [-0.05, 0) is 45.9 Å². The Bertz CT molecular complexity index is 1060. The maximum Gasteiger partial charge on any atom is 0.220 e. The molecule has 0 atom stereocenters. The number of allylic oxidation sites excluding steroid dienone is 5. The summed E-state index contributed by atoms with van der Waals surface area (Å²) in [5.41, 5.74) is 6.61. The Morgan fingerprint density at radius 3 is 2.69 bits per heavy atom. The van der Waals surface area contributed by atoms with Gasteiger partial charge in [0.15, 0.2) is 5.65 Å². The van der Waals surface area contributed by atoms with Crippen molar-refractivity contribution >= 4 is 23.1 Å². The van der Waals surface area contributed by atoms with Crippen molar-refractivity contribution in [1.29, 1.82) is 0 Å². The molecule has 0 aliphatic heterocycles. The van der Waals surface area contributed by atoms with Crippen LogP contribution in [0.3, 0.4) is 0 Å². The molecule has 0 aliphatic rings. The maximum atomic E-state index is 4.81. The van der Waals surface area contributed by atoms with Crippen LogP contribution in [0.4, 0.5) is 0 Å². The molecule has 3 heterocycles. The zero-order valence-corrected chi connectivity index (χ0v) is 18.5. The van der Waals surface area contributed by atoms with Crippen LogP contribution in [-0.4, -0.2) is 25.5 Å². The summed E-state index contributed by atoms with van der Waals surface area (Å²) in [5.74, 6) is 0.876. The second-order valence-corrected chi connectivity index (χ2v) is 6.89. The summed E-state index contributed by atoms with van der Waals surface area (Å²) in [6.45, 7) is 17.6.